The summed E-state index contributed by atoms with van der Waals surface area (Å²) in [5, 5.41) is 3.32. The summed E-state index contributed by atoms with van der Waals surface area (Å²) in [7, 11) is 2.01. The highest BCUT2D eigenvalue weighted by atomic mass is 15.2. The second-order valence-electron chi connectivity index (χ2n) is 5.15. The molecule has 18 heavy (non-hydrogen) atoms. The molecule has 0 aromatic carbocycles. The molecular weight excluding hydrogens is 222 g/mol. The summed E-state index contributed by atoms with van der Waals surface area (Å²) in [6.45, 7) is 5.48. The van der Waals surface area contributed by atoms with Crippen LogP contribution in [0.25, 0.3) is 0 Å². The van der Waals surface area contributed by atoms with Crippen molar-refractivity contribution in [2.24, 2.45) is 0 Å². The first-order valence-corrected chi connectivity index (χ1v) is 7.16. The lowest BCUT2D eigenvalue weighted by atomic mass is 10.1. The summed E-state index contributed by atoms with van der Waals surface area (Å²) in [4.78, 5) is 7.15. The number of rotatable bonds is 5. The van der Waals surface area contributed by atoms with E-state index in [1.165, 1.54) is 37.1 Å². The van der Waals surface area contributed by atoms with Crippen molar-refractivity contribution in [3.8, 4) is 0 Å². The Labute approximate surface area is 111 Å². The van der Waals surface area contributed by atoms with Crippen LogP contribution < -0.4 is 10.2 Å². The number of nitrogens with one attached hydrogen (secondary N) is 1. The third-order valence-corrected chi connectivity index (χ3v) is 4.09. The molecule has 0 spiro atoms. The molecule has 1 aromatic rings. The van der Waals surface area contributed by atoms with Crippen molar-refractivity contribution in [2.45, 2.75) is 51.6 Å². The fourth-order valence-corrected chi connectivity index (χ4v) is 2.94. The van der Waals surface area contributed by atoms with Crippen LogP contribution in [0.4, 0.5) is 5.82 Å². The third-order valence-electron chi connectivity index (χ3n) is 4.09. The first kappa shape index (κ1) is 13.3. The molecule has 100 valence electrons. The lowest BCUT2D eigenvalue weighted by Gasteiger charge is -2.31. The van der Waals surface area contributed by atoms with Gasteiger partial charge in [0.15, 0.2) is 0 Å². The van der Waals surface area contributed by atoms with E-state index < -0.39 is 0 Å². The quantitative estimate of drug-likeness (QED) is 0.866. The molecule has 1 aliphatic carbocycles. The Kier molecular flexibility index (Phi) is 4.59. The molecule has 1 unspecified atom stereocenters. The van der Waals surface area contributed by atoms with Gasteiger partial charge in [-0.15, -0.1) is 0 Å². The van der Waals surface area contributed by atoms with E-state index >= 15 is 0 Å². The minimum Gasteiger partial charge on any atom is -0.354 e. The van der Waals surface area contributed by atoms with Crippen molar-refractivity contribution in [3.63, 3.8) is 0 Å². The number of nitrogens with zero attached hydrogens (tertiary/aromatic N) is 2. The van der Waals surface area contributed by atoms with Gasteiger partial charge in [0.25, 0.3) is 0 Å². The first-order valence-electron chi connectivity index (χ1n) is 7.16. The highest BCUT2D eigenvalue weighted by molar-refractivity contribution is 5.49. The zero-order chi connectivity index (χ0) is 13.0. The van der Waals surface area contributed by atoms with Gasteiger partial charge in [-0.2, -0.15) is 0 Å². The van der Waals surface area contributed by atoms with Crippen LogP contribution in [-0.4, -0.2) is 24.6 Å². The monoisotopic (exact) mass is 247 g/mol. The molecule has 0 radical (unpaired) electrons. The summed E-state index contributed by atoms with van der Waals surface area (Å²) in [6, 6.07) is 5.27. The molecule has 1 saturated carbocycles. The van der Waals surface area contributed by atoms with Crippen LogP contribution in [0.3, 0.4) is 0 Å². The smallest absolute Gasteiger partial charge is 0.133 e. The molecule has 1 heterocycles. The number of hydrogen-bond acceptors (Lipinski definition) is 3. The number of hydrogen-bond donors (Lipinski definition) is 1. The normalized spacial score (nSPS) is 17.9. The van der Waals surface area contributed by atoms with E-state index in [4.69, 9.17) is 0 Å². The largest absolute Gasteiger partial charge is 0.354 e. The van der Waals surface area contributed by atoms with Crippen molar-refractivity contribution < 1.29 is 0 Å². The Morgan fingerprint density at radius 1 is 1.44 bits per heavy atom. The summed E-state index contributed by atoms with van der Waals surface area (Å²) >= 11 is 0. The van der Waals surface area contributed by atoms with Gasteiger partial charge in [0, 0.05) is 30.4 Å². The van der Waals surface area contributed by atoms with Gasteiger partial charge in [-0.25, -0.2) is 4.98 Å². The maximum absolute atomic E-state index is 4.65. The van der Waals surface area contributed by atoms with Crippen molar-refractivity contribution in [1.29, 1.82) is 0 Å². The summed E-state index contributed by atoms with van der Waals surface area (Å²) in [6.07, 6.45) is 7.28. The average molecular weight is 247 g/mol. The lowest BCUT2D eigenvalue weighted by molar-refractivity contribution is 0.594. The maximum Gasteiger partial charge on any atom is 0.133 e. The molecule has 1 N–H and O–H groups in total. The minimum atomic E-state index is 0.351. The number of pyridine rings is 1. The van der Waals surface area contributed by atoms with Crippen molar-refractivity contribution in [3.05, 3.63) is 23.9 Å². The molecule has 1 aromatic heterocycles. The van der Waals surface area contributed by atoms with Gasteiger partial charge in [-0.05, 0) is 39.8 Å². The van der Waals surface area contributed by atoms with E-state index in [9.17, 15) is 0 Å². The van der Waals surface area contributed by atoms with Crippen LogP contribution in [0, 0.1) is 0 Å². The van der Waals surface area contributed by atoms with Crippen LogP contribution >= 0.6 is 0 Å². The van der Waals surface area contributed by atoms with Gasteiger partial charge in [0.2, 0.25) is 0 Å². The summed E-state index contributed by atoms with van der Waals surface area (Å²) in [5.74, 6) is 1.17. The highest BCUT2D eigenvalue weighted by Gasteiger charge is 2.25. The molecule has 1 aliphatic rings. The van der Waals surface area contributed by atoms with E-state index in [1.807, 2.05) is 19.3 Å². The van der Waals surface area contributed by atoms with E-state index in [-0.39, 0.29) is 0 Å². The van der Waals surface area contributed by atoms with E-state index in [0.717, 1.165) is 6.54 Å². The van der Waals surface area contributed by atoms with Gasteiger partial charge in [0.05, 0.1) is 0 Å². The van der Waals surface area contributed by atoms with Crippen LogP contribution in [-0.2, 0) is 0 Å². The highest BCUT2D eigenvalue weighted by Crippen LogP contribution is 2.31. The number of aromatic nitrogens is 1. The molecule has 1 fully saturated rings. The zero-order valence-electron chi connectivity index (χ0n) is 11.8. The average Bonchev–Trinajstić information content (AvgIpc) is 2.93. The number of anilines is 1. The SMILES string of the molecule is CCN(c1ncccc1C(C)NC)C1CCCC1. The Bertz CT molecular complexity index is 372. The molecule has 2 rings (SSSR count). The van der Waals surface area contributed by atoms with Crippen LogP contribution in [0.2, 0.25) is 0 Å². The van der Waals surface area contributed by atoms with Crippen molar-refractivity contribution >= 4 is 5.82 Å². The van der Waals surface area contributed by atoms with Gasteiger partial charge in [0.1, 0.15) is 5.82 Å². The van der Waals surface area contributed by atoms with Gasteiger partial charge < -0.3 is 10.2 Å². The van der Waals surface area contributed by atoms with Crippen LogP contribution in [0.1, 0.15) is 51.1 Å². The molecule has 3 nitrogen and oxygen atoms in total. The van der Waals surface area contributed by atoms with Crippen molar-refractivity contribution in [2.75, 3.05) is 18.5 Å². The topological polar surface area (TPSA) is 28.2 Å². The zero-order valence-corrected chi connectivity index (χ0v) is 11.8. The standard InChI is InChI=1S/C15H25N3/c1-4-18(13-8-5-6-9-13)15-14(12(2)16-3)10-7-11-17-15/h7,10-13,16H,4-6,8-9H2,1-3H3. The van der Waals surface area contributed by atoms with E-state index in [1.54, 1.807) is 0 Å². The van der Waals surface area contributed by atoms with Gasteiger partial charge >= 0.3 is 0 Å². The van der Waals surface area contributed by atoms with Gasteiger partial charge in [-0.3, -0.25) is 0 Å². The fourth-order valence-electron chi connectivity index (χ4n) is 2.94. The Hall–Kier alpha value is -1.09. The predicted molar refractivity (Wildman–Crippen MR) is 77.0 cm³/mol. The Balaban J connectivity index is 2.29. The third kappa shape index (κ3) is 2.66. The minimum absolute atomic E-state index is 0.351. The molecular formula is C15H25N3. The molecule has 1 atom stereocenters. The Morgan fingerprint density at radius 2 is 2.17 bits per heavy atom. The van der Waals surface area contributed by atoms with E-state index in [0.29, 0.717) is 12.1 Å². The van der Waals surface area contributed by atoms with Crippen LogP contribution in [0.5, 0.6) is 0 Å². The molecule has 0 bridgehead atoms. The second-order valence-corrected chi connectivity index (χ2v) is 5.15. The maximum atomic E-state index is 4.65. The summed E-state index contributed by atoms with van der Waals surface area (Å²) < 4.78 is 0. The molecule has 0 saturated heterocycles. The molecule has 0 amide bonds. The molecule has 3 heteroatoms. The second kappa shape index (κ2) is 6.19. The fraction of sp³-hybridized carbons (Fsp3) is 0.667. The summed E-state index contributed by atoms with van der Waals surface area (Å²) in [5.41, 5.74) is 1.31. The van der Waals surface area contributed by atoms with Crippen molar-refractivity contribution in [1.82, 2.24) is 10.3 Å². The molecule has 0 aliphatic heterocycles. The van der Waals surface area contributed by atoms with E-state index in [2.05, 4.69) is 35.1 Å². The van der Waals surface area contributed by atoms with Gasteiger partial charge in [-0.1, -0.05) is 18.9 Å². The Morgan fingerprint density at radius 3 is 2.78 bits per heavy atom. The lowest BCUT2D eigenvalue weighted by Crippen LogP contribution is -2.35. The van der Waals surface area contributed by atoms with Crippen LogP contribution in [0.15, 0.2) is 18.3 Å². The first-order chi connectivity index (χ1) is 8.77. The predicted octanol–water partition coefficient (Wildman–Crippen LogP) is 3.13.